The van der Waals surface area contributed by atoms with Crippen molar-refractivity contribution in [3.8, 4) is 11.5 Å². The van der Waals surface area contributed by atoms with Gasteiger partial charge in [0.15, 0.2) is 0 Å². The molecule has 17 nitrogen and oxygen atoms in total. The molecule has 0 aliphatic rings. The summed E-state index contributed by atoms with van der Waals surface area (Å²) in [6, 6.07) is 13.9. The quantitative estimate of drug-likeness (QED) is 0.0326. The van der Waals surface area contributed by atoms with Gasteiger partial charge in [0.05, 0.1) is 21.7 Å². The Balaban J connectivity index is 1.26. The van der Waals surface area contributed by atoms with Crippen LogP contribution >= 0.6 is 46.4 Å². The molecule has 0 amide bonds. The first-order valence-electron chi connectivity index (χ1n) is 17.0. The summed E-state index contributed by atoms with van der Waals surface area (Å²) in [5, 5.41) is 40.6. The number of benzene rings is 2. The molecule has 6 aromatic rings. The van der Waals surface area contributed by atoms with Crippen LogP contribution in [-0.4, -0.2) is 46.4 Å². The molecule has 4 heterocycles. The highest BCUT2D eigenvalue weighted by Gasteiger charge is 2.40. The first-order chi connectivity index (χ1) is 27.4. The summed E-state index contributed by atoms with van der Waals surface area (Å²) < 4.78 is 22.1. The number of nitrogens with zero attached hydrogens (tertiary/aromatic N) is 8. The number of ether oxygens (including phenoxy) is 2. The van der Waals surface area contributed by atoms with Crippen LogP contribution in [0.15, 0.2) is 82.3 Å². The molecule has 0 fully saturated rings. The van der Waals surface area contributed by atoms with E-state index < -0.39 is 38.7 Å². The Morgan fingerprint density at radius 3 is 1.33 bits per heavy atom. The van der Waals surface area contributed by atoms with Crippen molar-refractivity contribution in [1.29, 1.82) is 0 Å². The summed E-state index contributed by atoms with van der Waals surface area (Å²) >= 11 is 24.9. The van der Waals surface area contributed by atoms with Gasteiger partial charge in [-0.15, -0.1) is 20.4 Å². The SMILES string of the molecule is CC(C)(Cc1cc(OC(=O)Oc2ccc([N+](=O)[O-])c(CC(C)(C)C(c3cc(Cl)nc(Cl)c3)c3nnco3)c2)ccc1[N+](=O)[O-])C(c1cc(Cl)nc(Cl)c1)c1nnco1. The van der Waals surface area contributed by atoms with Crippen LogP contribution < -0.4 is 9.47 Å². The van der Waals surface area contributed by atoms with E-state index in [1.54, 1.807) is 24.3 Å². The Kier molecular flexibility index (Phi) is 12.3. The molecule has 0 spiro atoms. The van der Waals surface area contributed by atoms with Crippen LogP contribution in [0, 0.1) is 31.1 Å². The van der Waals surface area contributed by atoms with E-state index in [-0.39, 0.29) is 79.2 Å². The summed E-state index contributed by atoms with van der Waals surface area (Å²) in [6.07, 6.45) is 1.16. The zero-order valence-corrected chi connectivity index (χ0v) is 33.8. The minimum Gasteiger partial charge on any atom is -0.427 e. The number of nitro benzene ring substituents is 2. The minimum absolute atomic E-state index is 0.0319. The number of pyridine rings is 2. The zero-order valence-electron chi connectivity index (χ0n) is 30.8. The van der Waals surface area contributed by atoms with Gasteiger partial charge in [-0.25, -0.2) is 14.8 Å². The Bertz CT molecular complexity index is 2280. The van der Waals surface area contributed by atoms with Crippen molar-refractivity contribution in [3.05, 3.63) is 148 Å². The van der Waals surface area contributed by atoms with Crippen LogP contribution in [0.25, 0.3) is 0 Å². The van der Waals surface area contributed by atoms with E-state index in [0.717, 1.165) is 12.8 Å². The average molecular weight is 873 g/mol. The monoisotopic (exact) mass is 870 g/mol. The van der Waals surface area contributed by atoms with Gasteiger partial charge in [0.25, 0.3) is 11.4 Å². The highest BCUT2D eigenvalue weighted by molar-refractivity contribution is 6.33. The summed E-state index contributed by atoms with van der Waals surface area (Å²) in [7, 11) is 0. The molecule has 6 rings (SSSR count). The maximum atomic E-state index is 13.2. The van der Waals surface area contributed by atoms with Crippen molar-refractivity contribution in [2.24, 2.45) is 10.8 Å². The van der Waals surface area contributed by atoms with Crippen molar-refractivity contribution < 1.29 is 32.9 Å². The number of hydrogen-bond donors (Lipinski definition) is 0. The fraction of sp³-hybridized carbons (Fsp3) is 0.270. The first kappa shape index (κ1) is 41.9. The van der Waals surface area contributed by atoms with Gasteiger partial charge in [-0.2, -0.15) is 0 Å². The summed E-state index contributed by atoms with van der Waals surface area (Å²) in [4.78, 5) is 44.5. The van der Waals surface area contributed by atoms with Crippen LogP contribution in [-0.2, 0) is 12.8 Å². The first-order valence-corrected chi connectivity index (χ1v) is 18.5. The van der Waals surface area contributed by atoms with Crippen LogP contribution in [0.3, 0.4) is 0 Å². The van der Waals surface area contributed by atoms with E-state index in [9.17, 15) is 25.0 Å². The number of hydrogen-bond acceptors (Lipinski definition) is 15. The second-order valence-corrected chi connectivity index (χ2v) is 15.9. The number of carbonyl (C=O) groups is 1. The molecule has 0 aliphatic heterocycles. The third-order valence-corrected chi connectivity index (χ3v) is 10.0. The predicted octanol–water partition coefficient (Wildman–Crippen LogP) is 10.1. The number of nitro groups is 2. The van der Waals surface area contributed by atoms with Crippen molar-refractivity contribution in [3.63, 3.8) is 0 Å². The lowest BCUT2D eigenvalue weighted by Crippen LogP contribution is -2.27. The molecule has 0 bridgehead atoms. The summed E-state index contributed by atoms with van der Waals surface area (Å²) in [5.74, 6) is -1.08. The molecule has 2 aromatic carbocycles. The van der Waals surface area contributed by atoms with E-state index in [4.69, 9.17) is 64.7 Å². The van der Waals surface area contributed by atoms with Gasteiger partial charge in [-0.1, -0.05) is 74.1 Å². The molecule has 21 heteroatoms. The fourth-order valence-electron chi connectivity index (χ4n) is 7.06. The van der Waals surface area contributed by atoms with E-state index in [0.29, 0.717) is 11.1 Å². The second kappa shape index (κ2) is 17.0. The smallest absolute Gasteiger partial charge is 0.427 e. The summed E-state index contributed by atoms with van der Waals surface area (Å²) in [5.41, 5.74) is -0.729. The van der Waals surface area contributed by atoms with Gasteiger partial charge in [-0.3, -0.25) is 20.2 Å². The van der Waals surface area contributed by atoms with Crippen LogP contribution in [0.5, 0.6) is 11.5 Å². The summed E-state index contributed by atoms with van der Waals surface area (Å²) in [6.45, 7) is 7.31. The fourth-order valence-corrected chi connectivity index (χ4v) is 8.01. The Hall–Kier alpha value is -5.75. The van der Waals surface area contributed by atoms with Crippen LogP contribution in [0.1, 0.15) is 73.6 Å². The second-order valence-electron chi connectivity index (χ2n) is 14.4. The van der Waals surface area contributed by atoms with E-state index in [1.807, 2.05) is 27.7 Å². The lowest BCUT2D eigenvalue weighted by molar-refractivity contribution is -0.385. The van der Waals surface area contributed by atoms with Crippen LogP contribution in [0.4, 0.5) is 16.2 Å². The number of rotatable bonds is 14. The molecule has 4 aromatic heterocycles. The third kappa shape index (κ3) is 9.67. The van der Waals surface area contributed by atoms with Crippen molar-refractivity contribution >= 4 is 63.9 Å². The Morgan fingerprint density at radius 1 is 0.655 bits per heavy atom. The standard InChI is InChI=1S/C37H30Cl4N8O9/c1-36(2,31(33-46-42-17-55-33)19-11-27(38)44-28(39)12-19)15-21-9-23(5-7-25(21)48(51)52)57-35(50)58-24-6-8-26(49(53)54)22(10-24)16-37(3,4)32(34-47-43-18-56-34)20-13-29(40)45-30(41)14-20/h5-14,17-18,31-32H,15-16H2,1-4H3. The third-order valence-electron chi connectivity index (χ3n) is 9.24. The highest BCUT2D eigenvalue weighted by atomic mass is 35.5. The van der Waals surface area contributed by atoms with Gasteiger partial charge >= 0.3 is 6.16 Å². The van der Waals surface area contributed by atoms with E-state index in [1.165, 1.54) is 36.4 Å². The van der Waals surface area contributed by atoms with Crippen molar-refractivity contribution in [1.82, 2.24) is 30.4 Å². The zero-order chi connectivity index (χ0) is 41.9. The lowest BCUT2D eigenvalue weighted by Gasteiger charge is -2.32. The molecule has 0 N–H and O–H groups in total. The lowest BCUT2D eigenvalue weighted by atomic mass is 9.71. The molecule has 2 atom stereocenters. The molecular weight excluding hydrogens is 842 g/mol. The van der Waals surface area contributed by atoms with Gasteiger partial charge in [0, 0.05) is 23.3 Å². The number of halogens is 4. The Morgan fingerprint density at radius 2 is 1.02 bits per heavy atom. The number of aromatic nitrogens is 6. The van der Waals surface area contributed by atoms with Crippen molar-refractivity contribution in [2.75, 3.05) is 0 Å². The van der Waals surface area contributed by atoms with E-state index in [2.05, 4.69) is 30.4 Å². The molecule has 300 valence electrons. The van der Waals surface area contributed by atoms with Gasteiger partial charge in [0.2, 0.25) is 24.6 Å². The molecule has 58 heavy (non-hydrogen) atoms. The topological polar surface area (TPSA) is 225 Å². The van der Waals surface area contributed by atoms with Gasteiger partial charge in [-0.05, 0) is 83.3 Å². The molecule has 0 saturated carbocycles. The maximum absolute atomic E-state index is 13.2. The van der Waals surface area contributed by atoms with Crippen molar-refractivity contribution in [2.45, 2.75) is 52.4 Å². The van der Waals surface area contributed by atoms with Gasteiger partial charge in [0.1, 0.15) is 32.1 Å². The largest absolute Gasteiger partial charge is 0.519 e. The van der Waals surface area contributed by atoms with E-state index >= 15 is 0 Å². The minimum atomic E-state index is -1.22. The van der Waals surface area contributed by atoms with Crippen LogP contribution in [0.2, 0.25) is 20.6 Å². The molecule has 0 saturated heterocycles. The molecule has 0 radical (unpaired) electrons. The molecule has 2 unspecified atom stereocenters. The predicted molar refractivity (Wildman–Crippen MR) is 209 cm³/mol. The maximum Gasteiger partial charge on any atom is 0.519 e. The molecule has 0 aliphatic carbocycles. The molecular formula is C37H30Cl4N8O9. The average Bonchev–Trinajstić information content (AvgIpc) is 3.82. The van der Waals surface area contributed by atoms with Gasteiger partial charge < -0.3 is 18.3 Å². The number of carbonyl (C=O) groups excluding carboxylic acids is 1. The Labute approximate surface area is 348 Å². The normalized spacial score (nSPS) is 12.8. The highest BCUT2D eigenvalue weighted by Crippen LogP contribution is 2.46.